The second-order valence-corrected chi connectivity index (χ2v) is 7.39. The summed E-state index contributed by atoms with van der Waals surface area (Å²) in [5, 5.41) is 0. The smallest absolute Gasteiger partial charge is 0.415 e. The number of carbonyl (C=O) groups excluding carboxylic acids is 2. The minimum atomic E-state index is -0.552. The van der Waals surface area contributed by atoms with Crippen LogP contribution >= 0.6 is 0 Å². The van der Waals surface area contributed by atoms with E-state index in [1.54, 1.807) is 24.0 Å². The molecule has 0 aromatic heterocycles. The number of rotatable bonds is 3. The van der Waals surface area contributed by atoms with Crippen LogP contribution in [0.1, 0.15) is 49.2 Å². The van der Waals surface area contributed by atoms with Gasteiger partial charge in [0.25, 0.3) is 0 Å². The van der Waals surface area contributed by atoms with E-state index in [0.29, 0.717) is 12.1 Å². The molecule has 1 aliphatic heterocycles. The summed E-state index contributed by atoms with van der Waals surface area (Å²) in [6.07, 6.45) is -0.358. The highest BCUT2D eigenvalue weighted by molar-refractivity contribution is 6.04. The molecule has 0 saturated carbocycles. The molecule has 0 atom stereocenters. The summed E-state index contributed by atoms with van der Waals surface area (Å²) in [5.74, 6) is 0.0198. The van der Waals surface area contributed by atoms with Crippen LogP contribution in [0.2, 0.25) is 0 Å². The second kappa shape index (κ2) is 6.79. The van der Waals surface area contributed by atoms with E-state index < -0.39 is 5.60 Å². The van der Waals surface area contributed by atoms with Gasteiger partial charge in [0.2, 0.25) is 0 Å². The lowest BCUT2D eigenvalue weighted by Gasteiger charge is -2.38. The molecular weight excluding hydrogens is 326 g/mol. The number of nitrogens with zero attached hydrogens (tertiary/aromatic N) is 1. The van der Waals surface area contributed by atoms with Crippen LogP contribution in [-0.2, 0) is 4.74 Å². The molecule has 0 unspecified atom stereocenters. The average Bonchev–Trinajstić information content (AvgIpc) is 2.54. The third-order valence-electron chi connectivity index (χ3n) is 4.17. The third kappa shape index (κ3) is 3.69. The minimum Gasteiger partial charge on any atom is -0.443 e. The molecule has 1 amide bonds. The molecule has 134 valence electrons. The van der Waals surface area contributed by atoms with Gasteiger partial charge in [0.05, 0.1) is 12.2 Å². The molecule has 4 nitrogen and oxygen atoms in total. The maximum Gasteiger partial charge on any atom is 0.415 e. The normalized spacial score (nSPS) is 14.1. The first kappa shape index (κ1) is 17.9. The van der Waals surface area contributed by atoms with Crippen molar-refractivity contribution in [2.24, 2.45) is 0 Å². The first-order valence-corrected chi connectivity index (χ1v) is 8.67. The zero-order valence-corrected chi connectivity index (χ0v) is 15.6. The van der Waals surface area contributed by atoms with Gasteiger partial charge < -0.3 is 4.74 Å². The van der Waals surface area contributed by atoms with Gasteiger partial charge in [0.15, 0.2) is 5.78 Å². The zero-order chi connectivity index (χ0) is 18.9. The van der Waals surface area contributed by atoms with Crippen molar-refractivity contribution in [3.8, 4) is 0 Å². The highest BCUT2D eigenvalue weighted by atomic mass is 16.6. The van der Waals surface area contributed by atoms with Crippen molar-refractivity contribution in [2.45, 2.75) is 33.3 Å². The predicted octanol–water partition coefficient (Wildman–Crippen LogP) is 5.01. The van der Waals surface area contributed by atoms with Gasteiger partial charge in [0, 0.05) is 11.1 Å². The number of benzene rings is 2. The van der Waals surface area contributed by atoms with Gasteiger partial charge in [-0.05, 0) is 38.8 Å². The quantitative estimate of drug-likeness (QED) is 0.732. The molecule has 0 spiro atoms. The Morgan fingerprint density at radius 2 is 1.54 bits per heavy atom. The molecule has 0 bridgehead atoms. The van der Waals surface area contributed by atoms with Crippen LogP contribution in [0.15, 0.2) is 54.6 Å². The number of Topliss-reactive ketones (excluding diaryl/α,β-unsaturated/α-hetero) is 1. The molecule has 4 heteroatoms. The minimum absolute atomic E-state index is 0.0198. The van der Waals surface area contributed by atoms with E-state index in [-0.39, 0.29) is 11.9 Å². The van der Waals surface area contributed by atoms with Gasteiger partial charge >= 0.3 is 6.09 Å². The Kier molecular flexibility index (Phi) is 4.68. The molecule has 0 N–H and O–H groups in total. The summed E-state index contributed by atoms with van der Waals surface area (Å²) < 4.78 is 5.54. The summed E-state index contributed by atoms with van der Waals surface area (Å²) in [4.78, 5) is 25.8. The SMILES string of the molecule is CC(=O)c1ccc(C2=C(c3ccccc3)CN2C(=O)OC(C)(C)C)cc1. The summed E-state index contributed by atoms with van der Waals surface area (Å²) in [5.41, 5.74) is 4.00. The number of ketones is 1. The molecular formula is C22H23NO3. The number of carbonyl (C=O) groups is 2. The summed E-state index contributed by atoms with van der Waals surface area (Å²) in [6.45, 7) is 7.61. The Balaban J connectivity index is 2.00. The molecule has 26 heavy (non-hydrogen) atoms. The van der Waals surface area contributed by atoms with Crippen LogP contribution < -0.4 is 0 Å². The molecule has 0 radical (unpaired) electrons. The van der Waals surface area contributed by atoms with Crippen molar-refractivity contribution in [3.05, 3.63) is 71.3 Å². The van der Waals surface area contributed by atoms with E-state index in [9.17, 15) is 9.59 Å². The molecule has 2 aromatic rings. The fraction of sp³-hybridized carbons (Fsp3) is 0.273. The highest BCUT2D eigenvalue weighted by Crippen LogP contribution is 2.39. The van der Waals surface area contributed by atoms with Crippen LogP contribution in [-0.4, -0.2) is 28.9 Å². The van der Waals surface area contributed by atoms with E-state index in [0.717, 1.165) is 22.4 Å². The summed E-state index contributed by atoms with van der Waals surface area (Å²) in [7, 11) is 0. The van der Waals surface area contributed by atoms with Gasteiger partial charge in [-0.3, -0.25) is 9.69 Å². The molecule has 1 heterocycles. The van der Waals surface area contributed by atoms with E-state index in [1.807, 2.05) is 63.2 Å². The van der Waals surface area contributed by atoms with Gasteiger partial charge in [-0.1, -0.05) is 54.6 Å². The molecule has 3 rings (SSSR count). The fourth-order valence-electron chi connectivity index (χ4n) is 2.92. The third-order valence-corrected chi connectivity index (χ3v) is 4.17. The lowest BCUT2D eigenvalue weighted by molar-refractivity contribution is 0.0355. The lowest BCUT2D eigenvalue weighted by Crippen LogP contribution is -2.42. The molecule has 0 saturated heterocycles. The van der Waals surface area contributed by atoms with E-state index >= 15 is 0 Å². The average molecular weight is 349 g/mol. The van der Waals surface area contributed by atoms with E-state index in [4.69, 9.17) is 4.74 Å². The van der Waals surface area contributed by atoms with Crippen molar-refractivity contribution in [1.82, 2.24) is 4.90 Å². The van der Waals surface area contributed by atoms with Crippen molar-refractivity contribution >= 4 is 23.1 Å². The summed E-state index contributed by atoms with van der Waals surface area (Å²) >= 11 is 0. The van der Waals surface area contributed by atoms with Crippen LogP contribution in [0.25, 0.3) is 11.3 Å². The van der Waals surface area contributed by atoms with Gasteiger partial charge in [-0.15, -0.1) is 0 Å². The largest absolute Gasteiger partial charge is 0.443 e. The van der Waals surface area contributed by atoms with Crippen molar-refractivity contribution in [2.75, 3.05) is 6.54 Å². The molecule has 2 aromatic carbocycles. The highest BCUT2D eigenvalue weighted by Gasteiger charge is 2.35. The van der Waals surface area contributed by atoms with E-state index in [2.05, 4.69) is 0 Å². The maximum absolute atomic E-state index is 12.6. The topological polar surface area (TPSA) is 46.6 Å². The Hall–Kier alpha value is -2.88. The van der Waals surface area contributed by atoms with Crippen molar-refractivity contribution in [3.63, 3.8) is 0 Å². The first-order chi connectivity index (χ1) is 12.3. The second-order valence-electron chi connectivity index (χ2n) is 7.39. The fourth-order valence-corrected chi connectivity index (χ4v) is 2.92. The van der Waals surface area contributed by atoms with Gasteiger partial charge in [-0.25, -0.2) is 4.79 Å². The number of hydrogen-bond acceptors (Lipinski definition) is 3. The number of amides is 1. The molecule has 1 aliphatic rings. The van der Waals surface area contributed by atoms with Crippen LogP contribution in [0, 0.1) is 0 Å². The zero-order valence-electron chi connectivity index (χ0n) is 15.6. The number of ether oxygens (including phenoxy) is 1. The van der Waals surface area contributed by atoms with Crippen molar-refractivity contribution < 1.29 is 14.3 Å². The molecule has 0 aliphatic carbocycles. The standard InChI is InChI=1S/C22H23NO3/c1-15(24)16-10-12-18(13-11-16)20-19(17-8-6-5-7-9-17)14-23(20)21(25)26-22(2,3)4/h5-13H,14H2,1-4H3. The number of hydrogen-bond donors (Lipinski definition) is 0. The Labute approximate surface area is 154 Å². The Bertz CT molecular complexity index is 859. The van der Waals surface area contributed by atoms with E-state index in [1.165, 1.54) is 0 Å². The van der Waals surface area contributed by atoms with Crippen molar-refractivity contribution in [1.29, 1.82) is 0 Å². The van der Waals surface area contributed by atoms with Gasteiger partial charge in [0.1, 0.15) is 5.60 Å². The Morgan fingerprint density at radius 3 is 2.08 bits per heavy atom. The maximum atomic E-state index is 12.6. The van der Waals surface area contributed by atoms with Crippen LogP contribution in [0.4, 0.5) is 4.79 Å². The van der Waals surface area contributed by atoms with Crippen LogP contribution in [0.5, 0.6) is 0 Å². The first-order valence-electron chi connectivity index (χ1n) is 8.67. The van der Waals surface area contributed by atoms with Crippen LogP contribution in [0.3, 0.4) is 0 Å². The van der Waals surface area contributed by atoms with Gasteiger partial charge in [-0.2, -0.15) is 0 Å². The lowest BCUT2D eigenvalue weighted by atomic mass is 9.91. The monoisotopic (exact) mass is 349 g/mol. The molecule has 0 fully saturated rings. The Morgan fingerprint density at radius 1 is 0.923 bits per heavy atom. The predicted molar refractivity (Wildman–Crippen MR) is 103 cm³/mol. The summed E-state index contributed by atoms with van der Waals surface area (Å²) in [6, 6.07) is 17.3.